The lowest BCUT2D eigenvalue weighted by molar-refractivity contribution is -0.192. The molecule has 1 aromatic heterocycles. The van der Waals surface area contributed by atoms with Crippen LogP contribution in [-0.4, -0.2) is 79.0 Å². The van der Waals surface area contributed by atoms with E-state index in [9.17, 15) is 13.2 Å². The second-order valence-corrected chi connectivity index (χ2v) is 9.33. The van der Waals surface area contributed by atoms with Crippen LogP contribution < -0.4 is 0 Å². The van der Waals surface area contributed by atoms with Crippen LogP contribution in [0.5, 0.6) is 0 Å². The Labute approximate surface area is 197 Å². The van der Waals surface area contributed by atoms with Gasteiger partial charge in [-0.2, -0.15) is 13.2 Å². The number of ether oxygens (including phenoxy) is 3. The summed E-state index contributed by atoms with van der Waals surface area (Å²) in [6, 6.07) is 2.04. The van der Waals surface area contributed by atoms with Crippen LogP contribution in [0.25, 0.3) is 0 Å². The van der Waals surface area contributed by atoms with Gasteiger partial charge in [0.1, 0.15) is 5.76 Å². The Balaban J connectivity index is 0.000000406. The summed E-state index contributed by atoms with van der Waals surface area (Å²) in [7, 11) is 0. The Hall–Kier alpha value is -1.69. The van der Waals surface area contributed by atoms with E-state index in [0.717, 1.165) is 96.2 Å². The molecular formula is C23H35F3N2O6. The summed E-state index contributed by atoms with van der Waals surface area (Å²) in [5.41, 5.74) is 1.12. The van der Waals surface area contributed by atoms with Crippen molar-refractivity contribution >= 4 is 5.97 Å². The Morgan fingerprint density at radius 1 is 1.24 bits per heavy atom. The molecule has 11 heteroatoms. The SMILES string of the molecule is Cc1cc(CN2CCC3(CC2)OCCC3CCOCC2CCOCC2)no1.O=C(O)C(F)(F)F. The maximum Gasteiger partial charge on any atom is 0.490 e. The molecule has 1 N–H and O–H groups in total. The van der Waals surface area contributed by atoms with Crippen LogP contribution in [0.2, 0.25) is 0 Å². The third-order valence-corrected chi connectivity index (χ3v) is 6.91. The highest BCUT2D eigenvalue weighted by Gasteiger charge is 2.45. The van der Waals surface area contributed by atoms with Crippen LogP contribution in [-0.2, 0) is 25.5 Å². The maximum absolute atomic E-state index is 10.6. The van der Waals surface area contributed by atoms with Gasteiger partial charge in [0.05, 0.1) is 11.3 Å². The predicted molar refractivity (Wildman–Crippen MR) is 115 cm³/mol. The molecule has 0 aliphatic carbocycles. The van der Waals surface area contributed by atoms with E-state index < -0.39 is 12.1 Å². The number of hydrogen-bond donors (Lipinski definition) is 1. The number of piperidine rings is 1. The largest absolute Gasteiger partial charge is 0.490 e. The van der Waals surface area contributed by atoms with E-state index in [-0.39, 0.29) is 5.60 Å². The zero-order valence-electron chi connectivity index (χ0n) is 19.6. The van der Waals surface area contributed by atoms with Crippen LogP contribution in [0.4, 0.5) is 13.2 Å². The molecule has 4 rings (SSSR count). The molecule has 1 unspecified atom stereocenters. The molecule has 3 fully saturated rings. The highest BCUT2D eigenvalue weighted by atomic mass is 19.4. The fourth-order valence-corrected chi connectivity index (χ4v) is 4.95. The number of likely N-dealkylation sites (tertiary alicyclic amines) is 1. The molecule has 1 spiro atoms. The van der Waals surface area contributed by atoms with E-state index in [4.69, 9.17) is 28.6 Å². The summed E-state index contributed by atoms with van der Waals surface area (Å²) in [6.45, 7) is 9.46. The van der Waals surface area contributed by atoms with Gasteiger partial charge in [-0.1, -0.05) is 5.16 Å². The van der Waals surface area contributed by atoms with E-state index in [1.165, 1.54) is 6.42 Å². The van der Waals surface area contributed by atoms with Gasteiger partial charge in [-0.3, -0.25) is 4.90 Å². The van der Waals surface area contributed by atoms with Gasteiger partial charge in [0.25, 0.3) is 0 Å². The molecule has 4 heterocycles. The molecule has 34 heavy (non-hydrogen) atoms. The molecule has 8 nitrogen and oxygen atoms in total. The van der Waals surface area contributed by atoms with Crippen molar-refractivity contribution in [2.45, 2.75) is 63.8 Å². The molecule has 0 saturated carbocycles. The minimum Gasteiger partial charge on any atom is -0.475 e. The third kappa shape index (κ3) is 7.93. The van der Waals surface area contributed by atoms with Crippen molar-refractivity contribution in [1.29, 1.82) is 0 Å². The van der Waals surface area contributed by atoms with Gasteiger partial charge in [0, 0.05) is 58.7 Å². The number of rotatable bonds is 7. The monoisotopic (exact) mass is 492 g/mol. The first-order chi connectivity index (χ1) is 16.2. The molecule has 3 aliphatic heterocycles. The summed E-state index contributed by atoms with van der Waals surface area (Å²) in [6.07, 6.45) is 1.77. The first kappa shape index (κ1) is 26.9. The normalized spacial score (nSPS) is 23.6. The van der Waals surface area contributed by atoms with Gasteiger partial charge in [0.15, 0.2) is 0 Å². The smallest absolute Gasteiger partial charge is 0.475 e. The number of alkyl halides is 3. The molecule has 0 bridgehead atoms. The molecule has 0 radical (unpaired) electrons. The van der Waals surface area contributed by atoms with E-state index in [1.54, 1.807) is 0 Å². The van der Waals surface area contributed by atoms with E-state index >= 15 is 0 Å². The highest BCUT2D eigenvalue weighted by Crippen LogP contribution is 2.42. The first-order valence-corrected chi connectivity index (χ1v) is 11.9. The molecule has 1 atom stereocenters. The minimum atomic E-state index is -5.08. The van der Waals surface area contributed by atoms with Crippen molar-refractivity contribution < 1.29 is 41.8 Å². The lowest BCUT2D eigenvalue weighted by Crippen LogP contribution is -2.47. The fourth-order valence-electron chi connectivity index (χ4n) is 4.95. The van der Waals surface area contributed by atoms with Crippen molar-refractivity contribution in [3.8, 4) is 0 Å². The summed E-state index contributed by atoms with van der Waals surface area (Å²) >= 11 is 0. The average molecular weight is 493 g/mol. The zero-order valence-corrected chi connectivity index (χ0v) is 19.6. The van der Waals surface area contributed by atoms with E-state index in [1.807, 2.05) is 13.0 Å². The molecule has 194 valence electrons. The first-order valence-electron chi connectivity index (χ1n) is 11.9. The Morgan fingerprint density at radius 2 is 1.91 bits per heavy atom. The van der Waals surface area contributed by atoms with E-state index in [0.29, 0.717) is 11.8 Å². The highest BCUT2D eigenvalue weighted by molar-refractivity contribution is 5.73. The topological polar surface area (TPSA) is 94.3 Å². The number of carboxylic acid groups (broad SMARTS) is 1. The number of aromatic nitrogens is 1. The predicted octanol–water partition coefficient (Wildman–Crippen LogP) is 3.82. The lowest BCUT2D eigenvalue weighted by atomic mass is 9.78. The summed E-state index contributed by atoms with van der Waals surface area (Å²) in [5.74, 6) is -0.537. The van der Waals surface area contributed by atoms with Crippen LogP contribution in [0.15, 0.2) is 10.6 Å². The van der Waals surface area contributed by atoms with Gasteiger partial charge in [-0.15, -0.1) is 0 Å². The number of aliphatic carboxylic acids is 1. The van der Waals surface area contributed by atoms with Gasteiger partial charge in [-0.25, -0.2) is 4.79 Å². The van der Waals surface area contributed by atoms with Crippen LogP contribution in [0, 0.1) is 18.8 Å². The average Bonchev–Trinajstić information content (AvgIpc) is 3.39. The van der Waals surface area contributed by atoms with Crippen molar-refractivity contribution in [2.24, 2.45) is 11.8 Å². The number of carbonyl (C=O) groups is 1. The summed E-state index contributed by atoms with van der Waals surface area (Å²) in [5, 5.41) is 11.3. The number of aryl methyl sites for hydroxylation is 1. The van der Waals surface area contributed by atoms with E-state index in [2.05, 4.69) is 10.1 Å². The standard InChI is InChI=1S/C21H34N2O4.C2HF3O2/c1-17-14-20(22-27-17)15-23-8-6-21(7-9-23)19(5-13-26-21)4-12-25-16-18-2-10-24-11-3-18;3-2(4,5)1(6)7/h14,18-19H,2-13,15-16H2,1H3;(H,6,7). The maximum atomic E-state index is 10.6. The second kappa shape index (κ2) is 12.3. The molecule has 0 amide bonds. The zero-order chi connectivity index (χ0) is 24.6. The van der Waals surface area contributed by atoms with Crippen molar-refractivity contribution in [2.75, 3.05) is 46.1 Å². The molecule has 3 saturated heterocycles. The molecule has 0 aromatic carbocycles. The number of hydrogen-bond acceptors (Lipinski definition) is 7. The third-order valence-electron chi connectivity index (χ3n) is 6.91. The molecule has 3 aliphatic rings. The minimum absolute atomic E-state index is 0.0816. The van der Waals surface area contributed by atoms with Crippen molar-refractivity contribution in [3.63, 3.8) is 0 Å². The van der Waals surface area contributed by atoms with Crippen LogP contribution in [0.3, 0.4) is 0 Å². The molecular weight excluding hydrogens is 457 g/mol. The van der Waals surface area contributed by atoms with Crippen LogP contribution in [0.1, 0.15) is 50.0 Å². The number of nitrogens with zero attached hydrogens (tertiary/aromatic N) is 2. The summed E-state index contributed by atoms with van der Waals surface area (Å²) < 4.78 is 54.7. The van der Waals surface area contributed by atoms with Gasteiger partial charge >= 0.3 is 12.1 Å². The number of halogens is 3. The van der Waals surface area contributed by atoms with Crippen molar-refractivity contribution in [3.05, 3.63) is 17.5 Å². The van der Waals surface area contributed by atoms with Crippen LogP contribution >= 0.6 is 0 Å². The van der Waals surface area contributed by atoms with Gasteiger partial charge in [-0.05, 0) is 57.3 Å². The summed E-state index contributed by atoms with van der Waals surface area (Å²) in [4.78, 5) is 11.4. The lowest BCUT2D eigenvalue weighted by Gasteiger charge is -2.42. The van der Waals surface area contributed by atoms with Gasteiger partial charge in [0.2, 0.25) is 0 Å². The molecule has 1 aromatic rings. The Kier molecular flexibility index (Phi) is 9.75. The fraction of sp³-hybridized carbons (Fsp3) is 0.826. The second-order valence-electron chi connectivity index (χ2n) is 9.33. The number of carboxylic acids is 1. The Morgan fingerprint density at radius 3 is 2.50 bits per heavy atom. The quantitative estimate of drug-likeness (QED) is 0.574. The van der Waals surface area contributed by atoms with Crippen molar-refractivity contribution in [1.82, 2.24) is 10.1 Å². The Bertz CT molecular complexity index is 758. The van der Waals surface area contributed by atoms with Gasteiger partial charge < -0.3 is 23.8 Å².